The van der Waals surface area contributed by atoms with Crippen LogP contribution in [0.4, 0.5) is 0 Å². The van der Waals surface area contributed by atoms with Gasteiger partial charge in [-0.15, -0.1) is 0 Å². The number of imidazole rings is 1. The van der Waals surface area contributed by atoms with Gasteiger partial charge in [-0.3, -0.25) is 0 Å². The number of hydrogen-bond acceptors (Lipinski definition) is 2. The van der Waals surface area contributed by atoms with Crippen LogP contribution in [-0.4, -0.2) is 16.1 Å². The van der Waals surface area contributed by atoms with Gasteiger partial charge in [-0.05, 0) is 37.6 Å². The van der Waals surface area contributed by atoms with E-state index in [9.17, 15) is 0 Å². The molecule has 1 atom stereocenters. The van der Waals surface area contributed by atoms with Gasteiger partial charge in [0.05, 0.1) is 0 Å². The van der Waals surface area contributed by atoms with E-state index < -0.39 is 0 Å². The molecule has 2 rings (SSSR count). The van der Waals surface area contributed by atoms with Crippen molar-refractivity contribution in [2.75, 3.05) is 6.54 Å². The molecule has 0 saturated carbocycles. The first-order valence-corrected chi connectivity index (χ1v) is 7.55. The Hall–Kier alpha value is -1.32. The second-order valence-corrected chi connectivity index (χ2v) is 5.35. The third-order valence-corrected chi connectivity index (χ3v) is 3.87. The zero-order valence-electron chi connectivity index (χ0n) is 12.4. The van der Waals surface area contributed by atoms with E-state index in [2.05, 4.69) is 53.8 Å². The molecule has 0 radical (unpaired) electrons. The second kappa shape index (κ2) is 6.91. The van der Waals surface area contributed by atoms with Crippen LogP contribution < -0.4 is 5.32 Å². The molecule has 1 unspecified atom stereocenters. The van der Waals surface area contributed by atoms with E-state index in [0.717, 1.165) is 35.9 Å². The molecule has 0 spiro atoms. The summed E-state index contributed by atoms with van der Waals surface area (Å²) in [7, 11) is 0. The lowest BCUT2D eigenvalue weighted by Gasteiger charge is -2.15. The van der Waals surface area contributed by atoms with Crippen molar-refractivity contribution < 1.29 is 0 Å². The number of nitrogens with zero attached hydrogens (tertiary/aromatic N) is 2. The first-order chi connectivity index (χ1) is 9.65. The Labute approximate surface area is 126 Å². The van der Waals surface area contributed by atoms with Crippen LogP contribution in [-0.2, 0) is 13.0 Å². The number of aryl methyl sites for hydroxylation is 1. The lowest BCUT2D eigenvalue weighted by molar-refractivity contribution is 0.598. The monoisotopic (exact) mass is 291 g/mol. The Bertz CT molecular complexity index is 563. The molecule has 1 aromatic heterocycles. The predicted molar refractivity (Wildman–Crippen MR) is 84.3 cm³/mol. The van der Waals surface area contributed by atoms with Crippen LogP contribution in [0.5, 0.6) is 0 Å². The molecule has 0 aliphatic rings. The average molecular weight is 292 g/mol. The first-order valence-electron chi connectivity index (χ1n) is 7.17. The minimum Gasteiger partial charge on any atom is -0.335 e. The van der Waals surface area contributed by atoms with E-state index in [0.29, 0.717) is 0 Å². The van der Waals surface area contributed by atoms with Crippen LogP contribution in [0.3, 0.4) is 0 Å². The van der Waals surface area contributed by atoms with Crippen molar-refractivity contribution in [3.8, 4) is 0 Å². The number of hydrogen-bond donors (Lipinski definition) is 1. The van der Waals surface area contributed by atoms with Crippen molar-refractivity contribution in [1.29, 1.82) is 0 Å². The highest BCUT2D eigenvalue weighted by Gasteiger charge is 2.10. The molecule has 2 aromatic rings. The third-order valence-electron chi connectivity index (χ3n) is 3.55. The van der Waals surface area contributed by atoms with Gasteiger partial charge >= 0.3 is 0 Å². The number of benzene rings is 1. The largest absolute Gasteiger partial charge is 0.335 e. The SMILES string of the molecule is CCNC(C)c1ccc(Cc2nccn2CC)cc1Cl. The quantitative estimate of drug-likeness (QED) is 0.877. The molecule has 1 aromatic carbocycles. The van der Waals surface area contributed by atoms with Crippen LogP contribution in [0.1, 0.15) is 43.8 Å². The zero-order valence-corrected chi connectivity index (χ0v) is 13.1. The van der Waals surface area contributed by atoms with E-state index in [-0.39, 0.29) is 6.04 Å². The van der Waals surface area contributed by atoms with Crippen LogP contribution in [0, 0.1) is 0 Å². The topological polar surface area (TPSA) is 29.9 Å². The fraction of sp³-hybridized carbons (Fsp3) is 0.438. The Balaban J connectivity index is 2.17. The summed E-state index contributed by atoms with van der Waals surface area (Å²) in [5.41, 5.74) is 2.35. The van der Waals surface area contributed by atoms with Crippen molar-refractivity contribution in [2.45, 2.75) is 39.8 Å². The second-order valence-electron chi connectivity index (χ2n) is 4.94. The van der Waals surface area contributed by atoms with Gasteiger partial charge in [-0.2, -0.15) is 0 Å². The summed E-state index contributed by atoms with van der Waals surface area (Å²) in [6, 6.07) is 6.59. The molecule has 0 amide bonds. The lowest BCUT2D eigenvalue weighted by atomic mass is 10.0. The van der Waals surface area contributed by atoms with Crippen LogP contribution >= 0.6 is 11.6 Å². The smallest absolute Gasteiger partial charge is 0.113 e. The van der Waals surface area contributed by atoms with Crippen molar-refractivity contribution in [2.24, 2.45) is 0 Å². The van der Waals surface area contributed by atoms with Crippen molar-refractivity contribution in [3.63, 3.8) is 0 Å². The standard InChI is InChI=1S/C16H22ClN3/c1-4-18-12(3)14-7-6-13(10-15(14)17)11-16-19-8-9-20(16)5-2/h6-10,12,18H,4-5,11H2,1-3H3. The highest BCUT2D eigenvalue weighted by Crippen LogP contribution is 2.25. The highest BCUT2D eigenvalue weighted by atomic mass is 35.5. The van der Waals surface area contributed by atoms with Crippen molar-refractivity contribution in [1.82, 2.24) is 14.9 Å². The predicted octanol–water partition coefficient (Wildman–Crippen LogP) is 3.82. The molecule has 3 nitrogen and oxygen atoms in total. The fourth-order valence-corrected chi connectivity index (χ4v) is 2.79. The summed E-state index contributed by atoms with van der Waals surface area (Å²) < 4.78 is 2.16. The first kappa shape index (κ1) is 15.1. The van der Waals surface area contributed by atoms with E-state index in [1.165, 1.54) is 5.56 Å². The van der Waals surface area contributed by atoms with Crippen molar-refractivity contribution in [3.05, 3.63) is 52.6 Å². The fourth-order valence-electron chi connectivity index (χ4n) is 2.43. The van der Waals surface area contributed by atoms with Gasteiger partial charge in [0.2, 0.25) is 0 Å². The summed E-state index contributed by atoms with van der Waals surface area (Å²) in [4.78, 5) is 4.41. The summed E-state index contributed by atoms with van der Waals surface area (Å²) in [6.07, 6.45) is 4.68. The molecular formula is C16H22ClN3. The molecule has 4 heteroatoms. The van der Waals surface area contributed by atoms with E-state index in [1.54, 1.807) is 0 Å². The molecule has 20 heavy (non-hydrogen) atoms. The normalized spacial score (nSPS) is 12.6. The maximum absolute atomic E-state index is 6.41. The van der Waals surface area contributed by atoms with Gasteiger partial charge in [-0.1, -0.05) is 30.7 Å². The van der Waals surface area contributed by atoms with Gasteiger partial charge in [-0.25, -0.2) is 4.98 Å². The molecule has 0 aliphatic carbocycles. The maximum atomic E-state index is 6.41. The Morgan fingerprint density at radius 3 is 2.80 bits per heavy atom. The average Bonchev–Trinajstić information content (AvgIpc) is 2.86. The molecule has 1 heterocycles. The molecule has 0 fully saturated rings. The maximum Gasteiger partial charge on any atom is 0.113 e. The van der Waals surface area contributed by atoms with Gasteiger partial charge in [0.25, 0.3) is 0 Å². The summed E-state index contributed by atoms with van der Waals surface area (Å²) in [5, 5.41) is 4.21. The minimum absolute atomic E-state index is 0.277. The summed E-state index contributed by atoms with van der Waals surface area (Å²) in [5.74, 6) is 1.08. The molecule has 108 valence electrons. The Morgan fingerprint density at radius 2 is 2.15 bits per heavy atom. The molecule has 0 aliphatic heterocycles. The van der Waals surface area contributed by atoms with Gasteiger partial charge in [0.1, 0.15) is 5.82 Å². The third kappa shape index (κ3) is 3.41. The zero-order chi connectivity index (χ0) is 14.5. The lowest BCUT2D eigenvalue weighted by Crippen LogP contribution is -2.18. The molecular weight excluding hydrogens is 270 g/mol. The highest BCUT2D eigenvalue weighted by molar-refractivity contribution is 6.31. The number of aromatic nitrogens is 2. The molecule has 0 saturated heterocycles. The number of halogens is 1. The Morgan fingerprint density at radius 1 is 1.35 bits per heavy atom. The molecule has 1 N–H and O–H groups in total. The van der Waals surface area contributed by atoms with E-state index in [4.69, 9.17) is 11.6 Å². The summed E-state index contributed by atoms with van der Waals surface area (Å²) >= 11 is 6.41. The van der Waals surface area contributed by atoms with Crippen LogP contribution in [0.15, 0.2) is 30.6 Å². The van der Waals surface area contributed by atoms with Crippen molar-refractivity contribution >= 4 is 11.6 Å². The van der Waals surface area contributed by atoms with Gasteiger partial charge in [0.15, 0.2) is 0 Å². The van der Waals surface area contributed by atoms with Gasteiger partial charge in [0, 0.05) is 36.4 Å². The number of nitrogens with one attached hydrogen (secondary N) is 1. The van der Waals surface area contributed by atoms with Crippen LogP contribution in [0.2, 0.25) is 5.02 Å². The van der Waals surface area contributed by atoms with E-state index in [1.807, 2.05) is 12.4 Å². The summed E-state index contributed by atoms with van der Waals surface area (Å²) in [6.45, 7) is 8.24. The van der Waals surface area contributed by atoms with Gasteiger partial charge < -0.3 is 9.88 Å². The Kier molecular flexibility index (Phi) is 5.21. The minimum atomic E-state index is 0.277. The van der Waals surface area contributed by atoms with Crippen LogP contribution in [0.25, 0.3) is 0 Å². The molecule has 0 bridgehead atoms. The van der Waals surface area contributed by atoms with E-state index >= 15 is 0 Å². The number of rotatable bonds is 6.